The quantitative estimate of drug-likeness (QED) is 0.193. The molecule has 0 atom stereocenters. The maximum absolute atomic E-state index is 11.6. The molecule has 0 bridgehead atoms. The van der Waals surface area contributed by atoms with Crippen molar-refractivity contribution in [2.45, 2.75) is 9.79 Å². The van der Waals surface area contributed by atoms with Gasteiger partial charge in [0.15, 0.2) is 5.75 Å². The molecular formula is C20H15N3O7S2. The van der Waals surface area contributed by atoms with Crippen LogP contribution >= 0.6 is 0 Å². The first-order valence-electron chi connectivity index (χ1n) is 8.90. The first-order chi connectivity index (χ1) is 15.0. The number of hydrogen-bond donors (Lipinski definition) is 4. The molecule has 0 saturated heterocycles. The fourth-order valence-corrected chi connectivity index (χ4v) is 4.51. The van der Waals surface area contributed by atoms with Gasteiger partial charge in [0.1, 0.15) is 10.6 Å². The molecule has 0 aliphatic rings. The minimum atomic E-state index is -4.49. The number of anilines is 1. The average Bonchev–Trinajstić information content (AvgIpc) is 2.73. The highest BCUT2D eigenvalue weighted by molar-refractivity contribution is 7.86. The van der Waals surface area contributed by atoms with Crippen LogP contribution in [0.15, 0.2) is 80.7 Å². The summed E-state index contributed by atoms with van der Waals surface area (Å²) < 4.78 is 64.6. The third-order valence-electron chi connectivity index (χ3n) is 4.81. The molecule has 10 nitrogen and oxygen atoms in total. The maximum Gasteiger partial charge on any atom is 0.295 e. The Morgan fingerprint density at radius 2 is 1.34 bits per heavy atom. The highest BCUT2D eigenvalue weighted by Crippen LogP contribution is 2.39. The van der Waals surface area contributed by atoms with Gasteiger partial charge in [-0.25, -0.2) is 0 Å². The van der Waals surface area contributed by atoms with Crippen molar-refractivity contribution >= 4 is 58.8 Å². The zero-order chi connectivity index (χ0) is 23.3. The van der Waals surface area contributed by atoms with E-state index < -0.39 is 20.2 Å². The Morgan fingerprint density at radius 1 is 0.688 bits per heavy atom. The number of nitrogen functional groups attached to an aromatic ring is 1. The zero-order valence-electron chi connectivity index (χ0n) is 16.0. The largest absolute Gasteiger partial charge is 0.505 e. The second-order valence-corrected chi connectivity index (χ2v) is 9.63. The number of aromatic hydroxyl groups is 1. The van der Waals surface area contributed by atoms with Gasteiger partial charge in [-0.2, -0.15) is 16.8 Å². The van der Waals surface area contributed by atoms with Crippen molar-refractivity contribution in [3.8, 4) is 5.75 Å². The first-order valence-corrected chi connectivity index (χ1v) is 11.8. The summed E-state index contributed by atoms with van der Waals surface area (Å²) in [4.78, 5) is -0.680. The number of benzene rings is 4. The lowest BCUT2D eigenvalue weighted by atomic mass is 10.1. The minimum absolute atomic E-state index is 0.0320. The second kappa shape index (κ2) is 7.53. The third-order valence-corrected chi connectivity index (χ3v) is 6.57. The highest BCUT2D eigenvalue weighted by atomic mass is 32.2. The number of phenols is 1. The average molecular weight is 473 g/mol. The Kier molecular flexibility index (Phi) is 5.09. The van der Waals surface area contributed by atoms with Crippen LogP contribution in [0.5, 0.6) is 5.75 Å². The fraction of sp³-hybridized carbons (Fsp3) is 0. The molecule has 0 radical (unpaired) electrons. The van der Waals surface area contributed by atoms with Crippen molar-refractivity contribution in [2.24, 2.45) is 10.2 Å². The fourth-order valence-electron chi connectivity index (χ4n) is 3.30. The van der Waals surface area contributed by atoms with Crippen LogP contribution in [0.1, 0.15) is 0 Å². The molecule has 0 saturated carbocycles. The summed E-state index contributed by atoms with van der Waals surface area (Å²) in [6.45, 7) is 0. The van der Waals surface area contributed by atoms with Crippen molar-refractivity contribution in [3.63, 3.8) is 0 Å². The Balaban J connectivity index is 1.83. The Labute approximate surface area is 182 Å². The van der Waals surface area contributed by atoms with Gasteiger partial charge in [-0.15, -0.1) is 10.2 Å². The normalized spacial score (nSPS) is 12.7. The van der Waals surface area contributed by atoms with E-state index in [0.717, 1.165) is 0 Å². The van der Waals surface area contributed by atoms with E-state index in [1.807, 2.05) is 0 Å². The number of nitrogens with two attached hydrogens (primary N) is 1. The van der Waals surface area contributed by atoms with Gasteiger partial charge >= 0.3 is 0 Å². The zero-order valence-corrected chi connectivity index (χ0v) is 17.7. The van der Waals surface area contributed by atoms with E-state index >= 15 is 0 Å². The summed E-state index contributed by atoms with van der Waals surface area (Å²) in [5, 5.41) is 19.7. The number of hydrogen-bond acceptors (Lipinski definition) is 8. The predicted octanol–water partition coefficient (Wildman–Crippen LogP) is 4.19. The number of nitrogens with zero attached hydrogens (tertiary/aromatic N) is 2. The smallest absolute Gasteiger partial charge is 0.295 e. The van der Waals surface area contributed by atoms with Gasteiger partial charge in [-0.3, -0.25) is 9.11 Å². The molecule has 0 fully saturated rings. The van der Waals surface area contributed by atoms with E-state index in [1.165, 1.54) is 54.6 Å². The van der Waals surface area contributed by atoms with Crippen molar-refractivity contribution in [1.82, 2.24) is 0 Å². The molecule has 164 valence electrons. The predicted molar refractivity (Wildman–Crippen MR) is 118 cm³/mol. The summed E-state index contributed by atoms with van der Waals surface area (Å²) >= 11 is 0. The SMILES string of the molecule is Nc1ccc(N=Nc2ccc3c(S(=O)(=O)O)cccc3c2O)c2ccc(S(=O)(=O)O)cc12. The van der Waals surface area contributed by atoms with Crippen LogP contribution < -0.4 is 5.73 Å². The van der Waals surface area contributed by atoms with Crippen molar-refractivity contribution < 1.29 is 31.0 Å². The Hall–Kier alpha value is -3.58. The van der Waals surface area contributed by atoms with Gasteiger partial charge in [-0.05, 0) is 36.4 Å². The van der Waals surface area contributed by atoms with E-state index in [4.69, 9.17) is 5.73 Å². The molecule has 0 aromatic heterocycles. The Morgan fingerprint density at radius 3 is 2.03 bits per heavy atom. The van der Waals surface area contributed by atoms with Crippen LogP contribution in [0.25, 0.3) is 21.5 Å². The van der Waals surface area contributed by atoms with Crippen LogP contribution in [0.3, 0.4) is 0 Å². The summed E-state index contributed by atoms with van der Waals surface area (Å²) in [5.41, 5.74) is 6.52. The van der Waals surface area contributed by atoms with Gasteiger partial charge < -0.3 is 10.8 Å². The van der Waals surface area contributed by atoms with E-state index in [2.05, 4.69) is 10.2 Å². The van der Waals surface area contributed by atoms with E-state index in [0.29, 0.717) is 16.5 Å². The van der Waals surface area contributed by atoms with E-state index in [-0.39, 0.29) is 37.7 Å². The molecular weight excluding hydrogens is 458 g/mol. The first kappa shape index (κ1) is 21.6. The molecule has 12 heteroatoms. The van der Waals surface area contributed by atoms with Gasteiger partial charge in [-0.1, -0.05) is 24.3 Å². The molecule has 0 amide bonds. The maximum atomic E-state index is 11.6. The van der Waals surface area contributed by atoms with E-state index in [1.54, 1.807) is 6.07 Å². The molecule has 0 aliphatic heterocycles. The van der Waals surface area contributed by atoms with Crippen LogP contribution in [-0.2, 0) is 20.2 Å². The van der Waals surface area contributed by atoms with Gasteiger partial charge in [0.05, 0.1) is 10.6 Å². The molecule has 0 spiro atoms. The van der Waals surface area contributed by atoms with Crippen LogP contribution in [0.2, 0.25) is 0 Å². The monoisotopic (exact) mass is 473 g/mol. The molecule has 0 unspecified atom stereocenters. The third kappa shape index (κ3) is 3.87. The molecule has 4 aromatic rings. The van der Waals surface area contributed by atoms with Crippen LogP contribution in [0.4, 0.5) is 17.1 Å². The van der Waals surface area contributed by atoms with Gasteiger partial charge in [0.2, 0.25) is 0 Å². The van der Waals surface area contributed by atoms with Crippen molar-refractivity contribution in [2.75, 3.05) is 5.73 Å². The lowest BCUT2D eigenvalue weighted by molar-refractivity contribution is 0.480. The standard InChI is InChI=1S/C20H15N3O7S2/c21-16-7-9-17(12-5-4-11(10-15(12)16)31(25,26)27)22-23-18-8-6-13-14(20(18)24)2-1-3-19(13)32(28,29)30/h1-10,24H,21H2,(H,25,26,27)(H,28,29,30). The van der Waals surface area contributed by atoms with Gasteiger partial charge in [0, 0.05) is 27.2 Å². The van der Waals surface area contributed by atoms with Crippen molar-refractivity contribution in [3.05, 3.63) is 60.7 Å². The lowest BCUT2D eigenvalue weighted by Gasteiger charge is -2.08. The van der Waals surface area contributed by atoms with Gasteiger partial charge in [0.25, 0.3) is 20.2 Å². The minimum Gasteiger partial charge on any atom is -0.505 e. The molecule has 4 aromatic carbocycles. The number of azo groups is 1. The molecule has 32 heavy (non-hydrogen) atoms. The summed E-state index contributed by atoms with van der Waals surface area (Å²) in [5.74, 6) is -0.342. The molecule has 5 N–H and O–H groups in total. The Bertz CT molecular complexity index is 1650. The summed E-state index contributed by atoms with van der Waals surface area (Å²) in [6, 6.07) is 13.6. The summed E-state index contributed by atoms with van der Waals surface area (Å²) in [7, 11) is -8.92. The van der Waals surface area contributed by atoms with E-state index in [9.17, 15) is 31.0 Å². The molecule has 0 heterocycles. The number of fused-ring (bicyclic) bond motifs is 2. The van der Waals surface area contributed by atoms with Crippen LogP contribution in [0, 0.1) is 0 Å². The number of phenolic OH excluding ortho intramolecular Hbond substituents is 1. The number of rotatable bonds is 4. The summed E-state index contributed by atoms with van der Waals surface area (Å²) in [6.07, 6.45) is 0. The van der Waals surface area contributed by atoms with Crippen molar-refractivity contribution in [1.29, 1.82) is 0 Å². The van der Waals surface area contributed by atoms with Crippen LogP contribution in [-0.4, -0.2) is 31.0 Å². The molecule has 4 rings (SSSR count). The topological polar surface area (TPSA) is 180 Å². The second-order valence-electron chi connectivity index (χ2n) is 6.82. The lowest BCUT2D eigenvalue weighted by Crippen LogP contribution is -1.98. The molecule has 0 aliphatic carbocycles. The highest BCUT2D eigenvalue weighted by Gasteiger charge is 2.17.